The summed E-state index contributed by atoms with van der Waals surface area (Å²) in [4.78, 5) is 23.2. The smallest absolute Gasteiger partial charge is 0.394 e. The Hall–Kier alpha value is -1.97. The second kappa shape index (κ2) is 5.78. The summed E-state index contributed by atoms with van der Waals surface area (Å²) in [6, 6.07) is 3.02. The molecule has 3 N–H and O–H groups in total. The molecule has 0 aliphatic rings. The summed E-state index contributed by atoms with van der Waals surface area (Å²) in [5.74, 6) is -2.81. The van der Waals surface area contributed by atoms with Crippen LogP contribution >= 0.6 is 23.2 Å². The third kappa shape index (κ3) is 2.72. The number of carbonyl (C=O) groups excluding carboxylic acids is 1. The average Bonchev–Trinajstić information content (AvgIpc) is 2.39. The van der Waals surface area contributed by atoms with E-state index < -0.39 is 11.9 Å². The maximum absolute atomic E-state index is 11.5. The van der Waals surface area contributed by atoms with Crippen molar-refractivity contribution in [3.63, 3.8) is 0 Å². The Kier molecular flexibility index (Phi) is 4.59. The number of halogens is 2. The molecule has 0 spiro atoms. The van der Waals surface area contributed by atoms with Crippen LogP contribution in [0.1, 0.15) is 12.5 Å². The molecule has 1 rings (SSSR count). The van der Waals surface area contributed by atoms with E-state index in [9.17, 15) is 9.59 Å². The van der Waals surface area contributed by atoms with E-state index >= 15 is 0 Å². The van der Waals surface area contributed by atoms with Gasteiger partial charge in [0.15, 0.2) is 0 Å². The lowest BCUT2D eigenvalue weighted by atomic mass is 10.1. The van der Waals surface area contributed by atoms with Crippen molar-refractivity contribution < 1.29 is 14.7 Å². The van der Waals surface area contributed by atoms with E-state index in [-0.39, 0.29) is 33.5 Å². The van der Waals surface area contributed by atoms with Gasteiger partial charge >= 0.3 is 11.9 Å². The fraction of sp³-hybridized carbons (Fsp3) is 0.182. The van der Waals surface area contributed by atoms with Gasteiger partial charge in [-0.1, -0.05) is 23.2 Å². The number of hydrogen-bond donors (Lipinski definition) is 2. The summed E-state index contributed by atoms with van der Waals surface area (Å²) in [5.41, 5.74) is 5.60. The molecule has 6 nitrogen and oxygen atoms in total. The van der Waals surface area contributed by atoms with Crippen LogP contribution in [0.2, 0.25) is 10.0 Å². The predicted octanol–water partition coefficient (Wildman–Crippen LogP) is 1.88. The van der Waals surface area contributed by atoms with Gasteiger partial charge in [-0.3, -0.25) is 4.79 Å². The number of aliphatic carboxylic acids is 1. The number of carboxylic acid groups (broad SMARTS) is 1. The highest BCUT2D eigenvalue weighted by molar-refractivity contribution is 6.43. The van der Waals surface area contributed by atoms with Crippen molar-refractivity contribution in [1.29, 1.82) is 5.26 Å². The number of carboxylic acids is 1. The van der Waals surface area contributed by atoms with Crippen molar-refractivity contribution >= 4 is 46.5 Å². The Morgan fingerprint density at radius 2 is 2.05 bits per heavy atom. The molecule has 19 heavy (non-hydrogen) atoms. The third-order valence-corrected chi connectivity index (χ3v) is 3.18. The van der Waals surface area contributed by atoms with Crippen LogP contribution in [0.25, 0.3) is 0 Å². The first-order valence-electron chi connectivity index (χ1n) is 5.07. The molecule has 0 heterocycles. The van der Waals surface area contributed by atoms with E-state index in [0.29, 0.717) is 0 Å². The molecule has 0 unspecified atom stereocenters. The number of rotatable bonds is 2. The molecule has 8 heteroatoms. The van der Waals surface area contributed by atoms with Gasteiger partial charge in [0.25, 0.3) is 0 Å². The molecule has 0 aromatic heterocycles. The molecule has 0 atom stereocenters. The molecular formula is C11H9Cl2N3O3. The fourth-order valence-electron chi connectivity index (χ4n) is 1.46. The number of hydrogen-bond acceptors (Lipinski definition) is 4. The topological polar surface area (TPSA) is 107 Å². The number of anilines is 2. The van der Waals surface area contributed by atoms with E-state index in [1.54, 1.807) is 13.0 Å². The Morgan fingerprint density at radius 3 is 2.47 bits per heavy atom. The third-order valence-electron chi connectivity index (χ3n) is 2.37. The van der Waals surface area contributed by atoms with Crippen LogP contribution < -0.4 is 10.6 Å². The number of nitrogens with two attached hydrogens (primary N) is 1. The SMILES string of the molecule is CCN(C(=O)C(=O)O)c1cc(C#N)c(Cl)c(N)c1Cl. The predicted molar refractivity (Wildman–Crippen MR) is 71.3 cm³/mol. The Balaban J connectivity index is 3.50. The standard InChI is InChI=1S/C11H9Cl2N3O3/c1-2-16(10(17)11(18)19)6-3-5(4-14)7(12)9(15)8(6)13/h3H,2,15H2,1H3,(H,18,19). The molecule has 1 aromatic rings. The number of nitrogens with zero attached hydrogens (tertiary/aromatic N) is 2. The van der Waals surface area contributed by atoms with Crippen molar-refractivity contribution in [3.8, 4) is 6.07 Å². The van der Waals surface area contributed by atoms with Gasteiger partial charge in [-0.25, -0.2) is 4.79 Å². The van der Waals surface area contributed by atoms with Gasteiger partial charge < -0.3 is 15.7 Å². The van der Waals surface area contributed by atoms with Crippen molar-refractivity contribution in [1.82, 2.24) is 0 Å². The number of carbonyl (C=O) groups is 2. The van der Waals surface area contributed by atoms with Crippen LogP contribution in [0.4, 0.5) is 11.4 Å². The second-order valence-corrected chi connectivity index (χ2v) is 4.21. The van der Waals surface area contributed by atoms with Gasteiger partial charge in [0.2, 0.25) is 0 Å². The lowest BCUT2D eigenvalue weighted by molar-refractivity contribution is -0.148. The second-order valence-electron chi connectivity index (χ2n) is 3.45. The van der Waals surface area contributed by atoms with E-state index in [0.717, 1.165) is 4.90 Å². The van der Waals surface area contributed by atoms with Gasteiger partial charge in [0.05, 0.1) is 27.0 Å². The van der Waals surface area contributed by atoms with Crippen molar-refractivity contribution in [2.75, 3.05) is 17.2 Å². The summed E-state index contributed by atoms with van der Waals surface area (Å²) in [6.45, 7) is 1.62. The summed E-state index contributed by atoms with van der Waals surface area (Å²) in [6.07, 6.45) is 0. The number of nitrogen functional groups attached to an aromatic ring is 1. The van der Waals surface area contributed by atoms with Gasteiger partial charge in [0.1, 0.15) is 6.07 Å². The first-order valence-corrected chi connectivity index (χ1v) is 5.83. The average molecular weight is 302 g/mol. The zero-order chi connectivity index (χ0) is 14.7. The molecular weight excluding hydrogens is 293 g/mol. The lowest BCUT2D eigenvalue weighted by Crippen LogP contribution is -2.36. The van der Waals surface area contributed by atoms with Crippen LogP contribution in [0.5, 0.6) is 0 Å². The molecule has 0 bridgehead atoms. The fourth-order valence-corrected chi connectivity index (χ4v) is 1.95. The zero-order valence-electron chi connectivity index (χ0n) is 9.78. The first kappa shape index (κ1) is 15.1. The monoisotopic (exact) mass is 301 g/mol. The zero-order valence-corrected chi connectivity index (χ0v) is 11.3. The Morgan fingerprint density at radius 1 is 1.47 bits per heavy atom. The molecule has 0 saturated carbocycles. The van der Waals surface area contributed by atoms with Crippen molar-refractivity contribution in [2.24, 2.45) is 0 Å². The maximum Gasteiger partial charge on any atom is 0.394 e. The normalized spacial score (nSPS) is 9.79. The maximum atomic E-state index is 11.5. The highest BCUT2D eigenvalue weighted by Gasteiger charge is 2.25. The van der Waals surface area contributed by atoms with Crippen molar-refractivity contribution in [3.05, 3.63) is 21.7 Å². The highest BCUT2D eigenvalue weighted by Crippen LogP contribution is 2.38. The minimum atomic E-state index is -1.63. The van der Waals surface area contributed by atoms with E-state index in [1.165, 1.54) is 6.07 Å². The first-order chi connectivity index (χ1) is 8.84. The number of benzene rings is 1. The molecule has 1 amide bonds. The number of nitriles is 1. The Labute approximate surface area is 118 Å². The van der Waals surface area contributed by atoms with Crippen LogP contribution in [0.15, 0.2) is 6.07 Å². The lowest BCUT2D eigenvalue weighted by Gasteiger charge is -2.21. The minimum absolute atomic E-state index is 0.00945. The summed E-state index contributed by atoms with van der Waals surface area (Å²) in [7, 11) is 0. The highest BCUT2D eigenvalue weighted by atomic mass is 35.5. The van der Waals surface area contributed by atoms with Crippen molar-refractivity contribution in [2.45, 2.75) is 6.92 Å². The van der Waals surface area contributed by atoms with Gasteiger partial charge in [0, 0.05) is 6.54 Å². The molecule has 1 aromatic carbocycles. The summed E-state index contributed by atoms with van der Waals surface area (Å²) >= 11 is 11.8. The van der Waals surface area contributed by atoms with E-state index in [1.807, 2.05) is 0 Å². The van der Waals surface area contributed by atoms with Crippen LogP contribution in [0, 0.1) is 11.3 Å². The van der Waals surface area contributed by atoms with Crippen LogP contribution in [-0.2, 0) is 9.59 Å². The largest absolute Gasteiger partial charge is 0.474 e. The quantitative estimate of drug-likeness (QED) is 0.640. The van der Waals surface area contributed by atoms with Gasteiger partial charge in [-0.15, -0.1) is 0 Å². The molecule has 0 aliphatic heterocycles. The van der Waals surface area contributed by atoms with Gasteiger partial charge in [-0.2, -0.15) is 5.26 Å². The minimum Gasteiger partial charge on any atom is -0.474 e. The number of amides is 1. The molecule has 0 saturated heterocycles. The summed E-state index contributed by atoms with van der Waals surface area (Å²) < 4.78 is 0. The molecule has 0 radical (unpaired) electrons. The van der Waals surface area contributed by atoms with Crippen LogP contribution in [0.3, 0.4) is 0 Å². The van der Waals surface area contributed by atoms with E-state index in [4.69, 9.17) is 39.3 Å². The van der Waals surface area contributed by atoms with Crippen LogP contribution in [-0.4, -0.2) is 23.5 Å². The Bertz CT molecular complexity index is 596. The molecule has 0 fully saturated rings. The summed E-state index contributed by atoms with van der Waals surface area (Å²) in [5, 5.41) is 17.5. The molecule has 0 aliphatic carbocycles. The molecule has 100 valence electrons. The number of likely N-dealkylation sites (N-methyl/N-ethyl adjacent to an activating group) is 1. The van der Waals surface area contributed by atoms with E-state index in [2.05, 4.69) is 0 Å². The van der Waals surface area contributed by atoms with Gasteiger partial charge in [-0.05, 0) is 13.0 Å².